The van der Waals surface area contributed by atoms with Crippen LogP contribution in [0.1, 0.15) is 38.8 Å². The molecule has 0 saturated carbocycles. The Hall–Kier alpha value is -2.04. The van der Waals surface area contributed by atoms with Crippen LogP contribution in [-0.2, 0) is 4.79 Å². The van der Waals surface area contributed by atoms with Crippen LogP contribution < -0.4 is 10.6 Å². The fourth-order valence-corrected chi connectivity index (χ4v) is 1.81. The molecule has 2 amide bonds. The molecule has 110 valence electrons. The lowest BCUT2D eigenvalue weighted by atomic mass is 10.0. The molecule has 1 aromatic carbocycles. The molecule has 20 heavy (non-hydrogen) atoms. The highest BCUT2D eigenvalue weighted by atomic mass is 16.4. The van der Waals surface area contributed by atoms with Crippen molar-refractivity contribution in [2.24, 2.45) is 5.92 Å². The Morgan fingerprint density at radius 1 is 1.15 bits per heavy atom. The molecule has 0 aliphatic heterocycles. The van der Waals surface area contributed by atoms with Crippen molar-refractivity contribution < 1.29 is 14.7 Å². The maximum atomic E-state index is 11.9. The van der Waals surface area contributed by atoms with Gasteiger partial charge in [-0.2, -0.15) is 0 Å². The molecule has 0 fully saturated rings. The molecule has 0 bridgehead atoms. The molecule has 0 heterocycles. The monoisotopic (exact) mass is 278 g/mol. The molecule has 0 aromatic heterocycles. The summed E-state index contributed by atoms with van der Waals surface area (Å²) in [6.07, 6.45) is 0.947. The van der Waals surface area contributed by atoms with Crippen LogP contribution in [0.5, 0.6) is 0 Å². The van der Waals surface area contributed by atoms with Crippen molar-refractivity contribution in [3.63, 3.8) is 0 Å². The molecular weight excluding hydrogens is 256 g/mol. The Morgan fingerprint density at radius 2 is 1.75 bits per heavy atom. The van der Waals surface area contributed by atoms with Crippen LogP contribution in [0.25, 0.3) is 0 Å². The largest absolute Gasteiger partial charge is 0.479 e. The quantitative estimate of drug-likeness (QED) is 0.748. The smallest absolute Gasteiger partial charge is 0.330 e. The highest BCUT2D eigenvalue weighted by Gasteiger charge is 2.23. The van der Waals surface area contributed by atoms with Crippen molar-refractivity contribution in [2.45, 2.75) is 39.3 Å². The molecule has 0 aliphatic rings. The Bertz CT molecular complexity index is 448. The number of carboxylic acids is 1. The zero-order valence-electron chi connectivity index (χ0n) is 12.1. The third-order valence-electron chi connectivity index (χ3n) is 3.51. The van der Waals surface area contributed by atoms with Crippen molar-refractivity contribution >= 4 is 12.0 Å². The van der Waals surface area contributed by atoms with E-state index in [4.69, 9.17) is 0 Å². The number of carbonyl (C=O) groups is 2. The fraction of sp³-hybridized carbons (Fsp3) is 0.467. The number of benzene rings is 1. The van der Waals surface area contributed by atoms with Gasteiger partial charge in [-0.3, -0.25) is 0 Å². The van der Waals surface area contributed by atoms with Crippen LogP contribution in [0.4, 0.5) is 4.79 Å². The molecule has 3 N–H and O–H groups in total. The second kappa shape index (κ2) is 7.53. The van der Waals surface area contributed by atoms with E-state index in [2.05, 4.69) is 10.6 Å². The number of aliphatic carboxylic acids is 1. The van der Waals surface area contributed by atoms with Gasteiger partial charge in [0.1, 0.15) is 0 Å². The fourth-order valence-electron chi connectivity index (χ4n) is 1.81. The molecule has 3 unspecified atom stereocenters. The van der Waals surface area contributed by atoms with Crippen molar-refractivity contribution in [2.75, 3.05) is 0 Å². The molecule has 0 saturated heterocycles. The number of amides is 2. The van der Waals surface area contributed by atoms with Crippen LogP contribution >= 0.6 is 0 Å². The highest BCUT2D eigenvalue weighted by Crippen LogP contribution is 2.13. The molecule has 0 radical (unpaired) electrons. The first-order valence-corrected chi connectivity index (χ1v) is 6.80. The van der Waals surface area contributed by atoms with E-state index in [1.54, 1.807) is 30.3 Å². The number of carbonyl (C=O) groups excluding carboxylic acids is 1. The van der Waals surface area contributed by atoms with E-state index >= 15 is 0 Å². The minimum Gasteiger partial charge on any atom is -0.479 e. The lowest BCUT2D eigenvalue weighted by Crippen LogP contribution is -2.46. The van der Waals surface area contributed by atoms with E-state index in [0.717, 1.165) is 6.42 Å². The summed E-state index contributed by atoms with van der Waals surface area (Å²) in [5.41, 5.74) is 0.548. The van der Waals surface area contributed by atoms with Crippen LogP contribution in [0.15, 0.2) is 30.3 Å². The van der Waals surface area contributed by atoms with Gasteiger partial charge in [-0.15, -0.1) is 0 Å². The molecule has 0 spiro atoms. The summed E-state index contributed by atoms with van der Waals surface area (Å²) >= 11 is 0. The first-order chi connectivity index (χ1) is 9.45. The number of nitrogens with one attached hydrogen (secondary N) is 2. The summed E-state index contributed by atoms with van der Waals surface area (Å²) in [6.45, 7) is 5.99. The minimum atomic E-state index is -1.08. The summed E-state index contributed by atoms with van der Waals surface area (Å²) in [6, 6.07) is 7.13. The zero-order chi connectivity index (χ0) is 15.1. The van der Waals surface area contributed by atoms with E-state index in [1.165, 1.54) is 0 Å². The standard InChI is InChI=1S/C15H22N2O3/c1-4-10(2)11(3)16-15(20)17-13(14(18)19)12-8-6-5-7-9-12/h5-11,13H,4H2,1-3H3,(H,18,19)(H2,16,17,20). The average Bonchev–Trinajstić information content (AvgIpc) is 2.44. The Kier molecular flexibility index (Phi) is 6.03. The third kappa shape index (κ3) is 4.57. The Labute approximate surface area is 119 Å². The number of rotatable bonds is 6. The van der Waals surface area contributed by atoms with Gasteiger partial charge in [0.2, 0.25) is 0 Å². The van der Waals surface area contributed by atoms with Gasteiger partial charge in [-0.05, 0) is 18.4 Å². The zero-order valence-corrected chi connectivity index (χ0v) is 12.1. The SMILES string of the molecule is CCC(C)C(C)NC(=O)NC(C(=O)O)c1ccccc1. The van der Waals surface area contributed by atoms with Gasteiger partial charge < -0.3 is 15.7 Å². The Morgan fingerprint density at radius 3 is 2.25 bits per heavy atom. The van der Waals surface area contributed by atoms with E-state index in [1.807, 2.05) is 20.8 Å². The molecule has 5 nitrogen and oxygen atoms in total. The maximum absolute atomic E-state index is 11.9. The van der Waals surface area contributed by atoms with Gasteiger partial charge >= 0.3 is 12.0 Å². The summed E-state index contributed by atoms with van der Waals surface area (Å²) < 4.78 is 0. The number of hydrogen-bond acceptors (Lipinski definition) is 2. The third-order valence-corrected chi connectivity index (χ3v) is 3.51. The normalized spacial score (nSPS) is 14.9. The number of urea groups is 1. The van der Waals surface area contributed by atoms with E-state index < -0.39 is 18.0 Å². The molecule has 1 aromatic rings. The second-order valence-electron chi connectivity index (χ2n) is 4.97. The average molecular weight is 278 g/mol. The van der Waals surface area contributed by atoms with Crippen LogP contribution in [0, 0.1) is 5.92 Å². The first kappa shape index (κ1) is 16.0. The van der Waals surface area contributed by atoms with Crippen LogP contribution in [0.2, 0.25) is 0 Å². The van der Waals surface area contributed by atoms with Gasteiger partial charge in [-0.25, -0.2) is 9.59 Å². The van der Waals surface area contributed by atoms with Crippen molar-refractivity contribution in [3.8, 4) is 0 Å². The Balaban J connectivity index is 2.68. The maximum Gasteiger partial charge on any atom is 0.330 e. The number of hydrogen-bond donors (Lipinski definition) is 3. The van der Waals surface area contributed by atoms with Crippen molar-refractivity contribution in [3.05, 3.63) is 35.9 Å². The highest BCUT2D eigenvalue weighted by molar-refractivity contribution is 5.83. The lowest BCUT2D eigenvalue weighted by molar-refractivity contribution is -0.139. The molecule has 1 rings (SSSR count). The molecule has 0 aliphatic carbocycles. The predicted octanol–water partition coefficient (Wildman–Crippen LogP) is 2.55. The number of carboxylic acid groups (broad SMARTS) is 1. The van der Waals surface area contributed by atoms with E-state index in [9.17, 15) is 14.7 Å². The summed E-state index contributed by atoms with van der Waals surface area (Å²) in [7, 11) is 0. The molecule has 3 atom stereocenters. The summed E-state index contributed by atoms with van der Waals surface area (Å²) in [5, 5.41) is 14.5. The van der Waals surface area contributed by atoms with Gasteiger partial charge in [0.15, 0.2) is 6.04 Å². The van der Waals surface area contributed by atoms with Crippen LogP contribution in [0.3, 0.4) is 0 Å². The van der Waals surface area contributed by atoms with E-state index in [-0.39, 0.29) is 6.04 Å². The van der Waals surface area contributed by atoms with Gasteiger partial charge in [0, 0.05) is 6.04 Å². The first-order valence-electron chi connectivity index (χ1n) is 6.80. The van der Waals surface area contributed by atoms with E-state index in [0.29, 0.717) is 11.5 Å². The second-order valence-corrected chi connectivity index (χ2v) is 4.97. The van der Waals surface area contributed by atoms with Crippen LogP contribution in [-0.4, -0.2) is 23.1 Å². The van der Waals surface area contributed by atoms with Crippen molar-refractivity contribution in [1.29, 1.82) is 0 Å². The van der Waals surface area contributed by atoms with Gasteiger partial charge in [-0.1, -0.05) is 50.6 Å². The summed E-state index contributed by atoms with van der Waals surface area (Å²) in [4.78, 5) is 23.1. The molecular formula is C15H22N2O3. The topological polar surface area (TPSA) is 78.4 Å². The minimum absolute atomic E-state index is 0.00906. The lowest BCUT2D eigenvalue weighted by Gasteiger charge is -2.22. The van der Waals surface area contributed by atoms with Gasteiger partial charge in [0.05, 0.1) is 0 Å². The predicted molar refractivity (Wildman–Crippen MR) is 77.4 cm³/mol. The van der Waals surface area contributed by atoms with Crippen molar-refractivity contribution in [1.82, 2.24) is 10.6 Å². The van der Waals surface area contributed by atoms with Gasteiger partial charge in [0.25, 0.3) is 0 Å². The summed E-state index contributed by atoms with van der Waals surface area (Å²) in [5.74, 6) is -0.747. The molecule has 5 heteroatoms.